The average Bonchev–Trinajstić information content (AvgIpc) is 2.62. The fourth-order valence-corrected chi connectivity index (χ4v) is 2.14. The highest BCUT2D eigenvalue weighted by Crippen LogP contribution is 2.54. The van der Waals surface area contributed by atoms with E-state index in [1.54, 1.807) is 0 Å². The Bertz CT molecular complexity index is 213. The molecule has 68 valence electrons. The van der Waals surface area contributed by atoms with Gasteiger partial charge in [-0.15, -0.1) is 0 Å². The molecule has 0 aromatic heterocycles. The molecular formula is C8H14N2O2. The zero-order valence-electron chi connectivity index (χ0n) is 6.99. The molecule has 0 aromatic carbocycles. The molecule has 0 radical (unpaired) electrons. The van der Waals surface area contributed by atoms with Crippen molar-refractivity contribution in [1.82, 2.24) is 4.90 Å². The minimum atomic E-state index is -0.811. The molecule has 1 amide bonds. The van der Waals surface area contributed by atoms with Gasteiger partial charge in [0.1, 0.15) is 0 Å². The predicted molar refractivity (Wildman–Crippen MR) is 43.9 cm³/mol. The van der Waals surface area contributed by atoms with Gasteiger partial charge in [0, 0.05) is 19.1 Å². The Morgan fingerprint density at radius 1 is 1.67 bits per heavy atom. The van der Waals surface area contributed by atoms with Crippen molar-refractivity contribution < 1.29 is 9.90 Å². The van der Waals surface area contributed by atoms with Crippen LogP contribution in [-0.2, 0) is 0 Å². The third-order valence-electron chi connectivity index (χ3n) is 3.09. The summed E-state index contributed by atoms with van der Waals surface area (Å²) < 4.78 is 0. The zero-order chi connectivity index (χ0) is 8.77. The molecule has 12 heavy (non-hydrogen) atoms. The molecule has 1 aliphatic carbocycles. The lowest BCUT2D eigenvalue weighted by Gasteiger charge is -2.18. The summed E-state index contributed by atoms with van der Waals surface area (Å²) in [6, 6.07) is 0.0741. The molecule has 0 aromatic rings. The van der Waals surface area contributed by atoms with Crippen LogP contribution >= 0.6 is 0 Å². The molecule has 1 unspecified atom stereocenters. The van der Waals surface area contributed by atoms with E-state index < -0.39 is 6.09 Å². The van der Waals surface area contributed by atoms with Crippen molar-refractivity contribution in [3.8, 4) is 0 Å². The van der Waals surface area contributed by atoms with E-state index >= 15 is 0 Å². The van der Waals surface area contributed by atoms with Gasteiger partial charge in [0.15, 0.2) is 0 Å². The van der Waals surface area contributed by atoms with E-state index in [4.69, 9.17) is 10.8 Å². The molecule has 1 aliphatic heterocycles. The Labute approximate surface area is 71.3 Å². The SMILES string of the molecule is NCC1CC2(CC2)CN1C(=O)O. The average molecular weight is 170 g/mol. The molecule has 1 spiro atoms. The van der Waals surface area contributed by atoms with Gasteiger partial charge in [-0.1, -0.05) is 0 Å². The van der Waals surface area contributed by atoms with Gasteiger partial charge in [-0.25, -0.2) is 4.79 Å². The molecule has 1 saturated heterocycles. The van der Waals surface area contributed by atoms with Crippen molar-refractivity contribution in [1.29, 1.82) is 0 Å². The molecule has 1 saturated carbocycles. The summed E-state index contributed by atoms with van der Waals surface area (Å²) in [6.45, 7) is 1.18. The third-order valence-corrected chi connectivity index (χ3v) is 3.09. The normalized spacial score (nSPS) is 31.1. The number of nitrogens with zero attached hydrogens (tertiary/aromatic N) is 1. The van der Waals surface area contributed by atoms with Gasteiger partial charge in [0.05, 0.1) is 0 Å². The largest absolute Gasteiger partial charge is 0.465 e. The zero-order valence-corrected chi connectivity index (χ0v) is 6.99. The van der Waals surface area contributed by atoms with E-state index in [1.165, 1.54) is 17.7 Å². The van der Waals surface area contributed by atoms with Gasteiger partial charge in [0.2, 0.25) is 0 Å². The van der Waals surface area contributed by atoms with Crippen molar-refractivity contribution in [2.24, 2.45) is 11.1 Å². The second-order valence-electron chi connectivity index (χ2n) is 4.00. The van der Waals surface area contributed by atoms with Crippen LogP contribution in [0.3, 0.4) is 0 Å². The second kappa shape index (κ2) is 2.36. The van der Waals surface area contributed by atoms with E-state index in [1.807, 2.05) is 0 Å². The fourth-order valence-electron chi connectivity index (χ4n) is 2.14. The first-order valence-electron chi connectivity index (χ1n) is 4.36. The van der Waals surface area contributed by atoms with Crippen LogP contribution in [0.5, 0.6) is 0 Å². The predicted octanol–water partition coefficient (Wildman–Crippen LogP) is 0.478. The Balaban J connectivity index is 2.07. The van der Waals surface area contributed by atoms with Gasteiger partial charge in [-0.3, -0.25) is 0 Å². The quantitative estimate of drug-likeness (QED) is 0.601. The first-order valence-corrected chi connectivity index (χ1v) is 4.36. The number of hydrogen-bond acceptors (Lipinski definition) is 2. The summed E-state index contributed by atoms with van der Waals surface area (Å²) in [5.74, 6) is 0. The van der Waals surface area contributed by atoms with Crippen LogP contribution in [0.1, 0.15) is 19.3 Å². The minimum absolute atomic E-state index is 0.0741. The van der Waals surface area contributed by atoms with Crippen LogP contribution in [0, 0.1) is 5.41 Å². The molecule has 4 nitrogen and oxygen atoms in total. The summed E-state index contributed by atoms with van der Waals surface area (Å²) >= 11 is 0. The van der Waals surface area contributed by atoms with Crippen LogP contribution in [0.15, 0.2) is 0 Å². The van der Waals surface area contributed by atoms with Crippen molar-refractivity contribution in [3.63, 3.8) is 0 Å². The number of carbonyl (C=O) groups is 1. The van der Waals surface area contributed by atoms with Crippen molar-refractivity contribution in [2.45, 2.75) is 25.3 Å². The van der Waals surface area contributed by atoms with Gasteiger partial charge in [0.25, 0.3) is 0 Å². The number of carboxylic acid groups (broad SMARTS) is 1. The minimum Gasteiger partial charge on any atom is -0.465 e. The lowest BCUT2D eigenvalue weighted by atomic mass is 10.0. The molecule has 4 heteroatoms. The topological polar surface area (TPSA) is 66.6 Å². The molecule has 3 N–H and O–H groups in total. The Morgan fingerprint density at radius 2 is 2.33 bits per heavy atom. The first kappa shape index (κ1) is 7.86. The molecule has 2 fully saturated rings. The van der Waals surface area contributed by atoms with E-state index in [-0.39, 0.29) is 6.04 Å². The third kappa shape index (κ3) is 1.06. The van der Waals surface area contributed by atoms with Crippen LogP contribution < -0.4 is 5.73 Å². The van der Waals surface area contributed by atoms with Crippen molar-refractivity contribution >= 4 is 6.09 Å². The number of hydrogen-bond donors (Lipinski definition) is 2. The van der Waals surface area contributed by atoms with Crippen molar-refractivity contribution in [3.05, 3.63) is 0 Å². The summed E-state index contributed by atoms with van der Waals surface area (Å²) in [4.78, 5) is 12.3. The van der Waals surface area contributed by atoms with Gasteiger partial charge in [-0.05, 0) is 24.7 Å². The number of amides is 1. The maximum atomic E-state index is 10.8. The van der Waals surface area contributed by atoms with Gasteiger partial charge in [-0.2, -0.15) is 0 Å². The summed E-state index contributed by atoms with van der Waals surface area (Å²) in [7, 11) is 0. The van der Waals surface area contributed by atoms with E-state index in [9.17, 15) is 4.79 Å². The molecule has 2 aliphatic rings. The first-order chi connectivity index (χ1) is 5.67. The highest BCUT2D eigenvalue weighted by atomic mass is 16.4. The number of likely N-dealkylation sites (tertiary alicyclic amines) is 1. The fraction of sp³-hybridized carbons (Fsp3) is 0.875. The van der Waals surface area contributed by atoms with Gasteiger partial charge < -0.3 is 15.7 Å². The highest BCUT2D eigenvalue weighted by Gasteiger charge is 2.52. The van der Waals surface area contributed by atoms with Crippen LogP contribution in [0.4, 0.5) is 4.79 Å². The maximum Gasteiger partial charge on any atom is 0.407 e. The van der Waals surface area contributed by atoms with Gasteiger partial charge >= 0.3 is 6.09 Å². The monoisotopic (exact) mass is 170 g/mol. The van der Waals surface area contributed by atoms with E-state index in [0.29, 0.717) is 18.5 Å². The van der Waals surface area contributed by atoms with Crippen LogP contribution in [-0.4, -0.2) is 35.2 Å². The molecule has 1 heterocycles. The second-order valence-corrected chi connectivity index (χ2v) is 4.00. The molecular weight excluding hydrogens is 156 g/mol. The molecule has 1 atom stereocenters. The highest BCUT2D eigenvalue weighted by molar-refractivity contribution is 5.66. The number of rotatable bonds is 1. The van der Waals surface area contributed by atoms with E-state index in [0.717, 1.165) is 6.42 Å². The van der Waals surface area contributed by atoms with Crippen molar-refractivity contribution in [2.75, 3.05) is 13.1 Å². The van der Waals surface area contributed by atoms with Crippen LogP contribution in [0.2, 0.25) is 0 Å². The lowest BCUT2D eigenvalue weighted by Crippen LogP contribution is -2.39. The van der Waals surface area contributed by atoms with Crippen LogP contribution in [0.25, 0.3) is 0 Å². The molecule has 2 rings (SSSR count). The maximum absolute atomic E-state index is 10.8. The Kier molecular flexibility index (Phi) is 1.54. The Morgan fingerprint density at radius 3 is 2.67 bits per heavy atom. The molecule has 0 bridgehead atoms. The summed E-state index contributed by atoms with van der Waals surface area (Å²) in [6.07, 6.45) is 2.55. The Hall–Kier alpha value is -0.770. The smallest absolute Gasteiger partial charge is 0.407 e. The summed E-state index contributed by atoms with van der Waals surface area (Å²) in [5.41, 5.74) is 5.84. The summed E-state index contributed by atoms with van der Waals surface area (Å²) in [5, 5.41) is 8.85. The lowest BCUT2D eigenvalue weighted by molar-refractivity contribution is 0.140. The standard InChI is InChI=1S/C8H14N2O2/c9-4-6-3-8(1-2-8)5-10(6)7(11)12/h6H,1-5,9H2,(H,11,12). The number of nitrogens with two attached hydrogens (primary N) is 1. The van der Waals surface area contributed by atoms with E-state index in [2.05, 4.69) is 0 Å².